The highest BCUT2D eigenvalue weighted by Crippen LogP contribution is 2.40. The monoisotopic (exact) mass is 266 g/mol. The Hall–Kier alpha value is -2.10. The van der Waals surface area contributed by atoms with Crippen molar-refractivity contribution < 1.29 is 0 Å². The summed E-state index contributed by atoms with van der Waals surface area (Å²) < 4.78 is 0. The predicted molar refractivity (Wildman–Crippen MR) is 77.2 cm³/mol. The lowest BCUT2D eigenvalue weighted by Gasteiger charge is -2.28. The molecule has 20 heavy (non-hydrogen) atoms. The van der Waals surface area contributed by atoms with Crippen molar-refractivity contribution in [2.75, 3.05) is 0 Å². The minimum absolute atomic E-state index is 0.0844. The van der Waals surface area contributed by atoms with E-state index >= 15 is 0 Å². The maximum absolute atomic E-state index is 4.53. The molecular formula is C16H18N4. The van der Waals surface area contributed by atoms with Crippen LogP contribution in [0.4, 0.5) is 0 Å². The molecule has 4 heteroatoms. The molecule has 0 bridgehead atoms. The topological polar surface area (TPSA) is 50.5 Å². The van der Waals surface area contributed by atoms with Gasteiger partial charge < -0.3 is 0 Å². The van der Waals surface area contributed by atoms with Crippen molar-refractivity contribution in [2.45, 2.75) is 31.8 Å². The highest BCUT2D eigenvalue weighted by Gasteiger charge is 2.30. The van der Waals surface area contributed by atoms with Gasteiger partial charge in [0.25, 0.3) is 0 Å². The van der Waals surface area contributed by atoms with Crippen LogP contribution in [0.2, 0.25) is 0 Å². The van der Waals surface area contributed by atoms with Crippen LogP contribution >= 0.6 is 0 Å². The number of rotatable bonds is 3. The van der Waals surface area contributed by atoms with Gasteiger partial charge in [0.05, 0.1) is 11.4 Å². The second-order valence-corrected chi connectivity index (χ2v) is 5.10. The molecule has 0 aromatic carbocycles. The maximum Gasteiger partial charge on any atom is 0.116 e. The van der Waals surface area contributed by atoms with Gasteiger partial charge in [0.2, 0.25) is 0 Å². The van der Waals surface area contributed by atoms with Crippen molar-refractivity contribution >= 4 is 0 Å². The highest BCUT2D eigenvalue weighted by atomic mass is 15.2. The summed E-state index contributed by atoms with van der Waals surface area (Å²) in [5.74, 6) is 0.467. The van der Waals surface area contributed by atoms with E-state index < -0.39 is 0 Å². The number of hydrogen-bond acceptors (Lipinski definition) is 4. The molecule has 4 nitrogen and oxygen atoms in total. The van der Waals surface area contributed by atoms with Crippen molar-refractivity contribution in [1.82, 2.24) is 9.97 Å². The van der Waals surface area contributed by atoms with E-state index in [4.69, 9.17) is 0 Å². The van der Waals surface area contributed by atoms with Gasteiger partial charge in [-0.05, 0) is 36.6 Å². The lowest BCUT2D eigenvalue weighted by atomic mass is 9.86. The minimum Gasteiger partial charge on any atom is -0.259 e. The molecule has 0 saturated heterocycles. The average Bonchev–Trinajstić information content (AvgIpc) is 2.56. The molecule has 3 rings (SSSR count). The van der Waals surface area contributed by atoms with Crippen LogP contribution in [0.3, 0.4) is 0 Å². The van der Waals surface area contributed by atoms with Crippen molar-refractivity contribution in [3.8, 4) is 0 Å². The first-order chi connectivity index (χ1) is 9.88. The zero-order valence-electron chi connectivity index (χ0n) is 11.6. The summed E-state index contributed by atoms with van der Waals surface area (Å²) in [6.07, 6.45) is 5.70. The maximum atomic E-state index is 4.53. The van der Waals surface area contributed by atoms with Gasteiger partial charge >= 0.3 is 0 Å². The molecule has 102 valence electrons. The van der Waals surface area contributed by atoms with E-state index in [1.54, 1.807) is 0 Å². The second-order valence-electron chi connectivity index (χ2n) is 5.10. The van der Waals surface area contributed by atoms with Crippen LogP contribution in [0.15, 0.2) is 59.0 Å². The summed E-state index contributed by atoms with van der Waals surface area (Å²) in [5, 5.41) is 9.01. The fourth-order valence-corrected chi connectivity index (χ4v) is 2.70. The first kappa shape index (κ1) is 12.9. The smallest absolute Gasteiger partial charge is 0.116 e. The molecule has 0 spiro atoms. The molecule has 0 aliphatic carbocycles. The zero-order valence-corrected chi connectivity index (χ0v) is 11.6. The van der Waals surface area contributed by atoms with E-state index in [1.807, 2.05) is 48.8 Å². The second kappa shape index (κ2) is 5.90. The van der Waals surface area contributed by atoms with Gasteiger partial charge in [-0.15, -0.1) is 0 Å². The Balaban J connectivity index is 1.86. The predicted octanol–water partition coefficient (Wildman–Crippen LogP) is 4.14. The van der Waals surface area contributed by atoms with E-state index in [0.717, 1.165) is 24.2 Å². The van der Waals surface area contributed by atoms with Crippen LogP contribution in [0, 0.1) is 5.92 Å². The molecule has 0 fully saturated rings. The Morgan fingerprint density at radius 3 is 2.25 bits per heavy atom. The average molecular weight is 266 g/mol. The SMILES string of the molecule is CCC1CC(c2ccccn2)N=NC1c1ccccn1. The third-order valence-corrected chi connectivity index (χ3v) is 3.85. The summed E-state index contributed by atoms with van der Waals surface area (Å²) in [5.41, 5.74) is 2.02. The van der Waals surface area contributed by atoms with Crippen molar-refractivity contribution in [3.05, 3.63) is 60.2 Å². The fraction of sp³-hybridized carbons (Fsp3) is 0.375. The summed E-state index contributed by atoms with van der Waals surface area (Å²) in [6.45, 7) is 2.21. The van der Waals surface area contributed by atoms with Gasteiger partial charge in [-0.3, -0.25) is 9.97 Å². The lowest BCUT2D eigenvalue weighted by molar-refractivity contribution is 0.299. The molecule has 0 amide bonds. The molecule has 0 saturated carbocycles. The summed E-state index contributed by atoms with van der Waals surface area (Å²) >= 11 is 0. The van der Waals surface area contributed by atoms with Crippen LogP contribution in [0.1, 0.15) is 43.2 Å². The van der Waals surface area contributed by atoms with E-state index in [0.29, 0.717) is 5.92 Å². The Morgan fingerprint density at radius 2 is 1.65 bits per heavy atom. The summed E-state index contributed by atoms with van der Waals surface area (Å²) in [6, 6.07) is 12.1. The molecule has 2 aromatic rings. The van der Waals surface area contributed by atoms with Crippen molar-refractivity contribution in [2.24, 2.45) is 16.1 Å². The normalized spacial score (nSPS) is 25.6. The van der Waals surface area contributed by atoms with E-state index in [9.17, 15) is 0 Å². The number of aromatic nitrogens is 2. The third-order valence-electron chi connectivity index (χ3n) is 3.85. The Morgan fingerprint density at radius 1 is 0.950 bits per heavy atom. The Labute approximate surface area is 119 Å². The van der Waals surface area contributed by atoms with Crippen LogP contribution in [-0.4, -0.2) is 9.97 Å². The summed E-state index contributed by atoms with van der Waals surface area (Å²) in [4.78, 5) is 8.83. The zero-order chi connectivity index (χ0) is 13.8. The van der Waals surface area contributed by atoms with Crippen LogP contribution < -0.4 is 0 Å². The Kier molecular flexibility index (Phi) is 3.81. The van der Waals surface area contributed by atoms with Crippen LogP contribution in [0.25, 0.3) is 0 Å². The first-order valence-electron chi connectivity index (χ1n) is 7.10. The van der Waals surface area contributed by atoms with E-state index in [2.05, 4.69) is 27.1 Å². The van der Waals surface area contributed by atoms with Gasteiger partial charge in [0.15, 0.2) is 0 Å². The van der Waals surface area contributed by atoms with E-state index in [-0.39, 0.29) is 12.1 Å². The van der Waals surface area contributed by atoms with Gasteiger partial charge in [-0.25, -0.2) is 0 Å². The van der Waals surface area contributed by atoms with E-state index in [1.165, 1.54) is 0 Å². The lowest BCUT2D eigenvalue weighted by Crippen LogP contribution is -2.19. The van der Waals surface area contributed by atoms with Crippen LogP contribution in [0.5, 0.6) is 0 Å². The number of hydrogen-bond donors (Lipinski definition) is 0. The molecule has 0 radical (unpaired) electrons. The molecule has 3 heterocycles. The fourth-order valence-electron chi connectivity index (χ4n) is 2.70. The molecule has 1 aliphatic rings. The van der Waals surface area contributed by atoms with Gasteiger partial charge in [-0.2, -0.15) is 10.2 Å². The van der Waals surface area contributed by atoms with Crippen molar-refractivity contribution in [1.29, 1.82) is 0 Å². The highest BCUT2D eigenvalue weighted by molar-refractivity contribution is 5.14. The molecule has 2 aromatic heterocycles. The largest absolute Gasteiger partial charge is 0.259 e. The Bertz CT molecular complexity index is 568. The molecular weight excluding hydrogens is 248 g/mol. The minimum atomic E-state index is 0.0844. The number of nitrogens with zero attached hydrogens (tertiary/aromatic N) is 4. The number of azo groups is 1. The molecule has 3 atom stereocenters. The molecule has 0 N–H and O–H groups in total. The summed E-state index contributed by atoms with van der Waals surface area (Å²) in [7, 11) is 0. The van der Waals surface area contributed by atoms with Crippen LogP contribution in [-0.2, 0) is 0 Å². The standard InChI is InChI=1S/C16H18N4/c1-2-12-11-15(13-7-3-5-9-17-13)19-20-16(12)14-8-4-6-10-18-14/h3-10,12,15-16H,2,11H2,1H3. The third kappa shape index (κ3) is 2.59. The van der Waals surface area contributed by atoms with Gasteiger partial charge in [0.1, 0.15) is 12.1 Å². The molecule has 3 unspecified atom stereocenters. The molecule has 1 aliphatic heterocycles. The van der Waals surface area contributed by atoms with Gasteiger partial charge in [-0.1, -0.05) is 25.5 Å². The first-order valence-corrected chi connectivity index (χ1v) is 7.10. The number of pyridine rings is 2. The van der Waals surface area contributed by atoms with Gasteiger partial charge in [0, 0.05) is 12.4 Å². The quantitative estimate of drug-likeness (QED) is 0.838. The van der Waals surface area contributed by atoms with Crippen molar-refractivity contribution in [3.63, 3.8) is 0 Å².